The van der Waals surface area contributed by atoms with Crippen LogP contribution < -0.4 is 4.74 Å². The number of hydrogen-bond acceptors (Lipinski definition) is 7. The molecule has 4 aromatic rings. The number of fused-ring (bicyclic) bond motifs is 1. The van der Waals surface area contributed by atoms with Crippen LogP contribution in [-0.4, -0.2) is 33.7 Å². The third-order valence-corrected chi connectivity index (χ3v) is 5.77. The van der Waals surface area contributed by atoms with E-state index in [-0.39, 0.29) is 30.7 Å². The van der Waals surface area contributed by atoms with Gasteiger partial charge < -0.3 is 14.0 Å². The van der Waals surface area contributed by atoms with Gasteiger partial charge in [0.2, 0.25) is 0 Å². The molecule has 34 heavy (non-hydrogen) atoms. The zero-order valence-electron chi connectivity index (χ0n) is 19.3. The number of methoxy groups -OCH3 is 1. The van der Waals surface area contributed by atoms with E-state index in [2.05, 4.69) is 10.1 Å². The third kappa shape index (κ3) is 4.68. The maximum atomic E-state index is 13.4. The van der Waals surface area contributed by atoms with Gasteiger partial charge in [0.05, 0.1) is 19.0 Å². The van der Waals surface area contributed by atoms with Crippen molar-refractivity contribution in [2.24, 2.45) is 0 Å². The molecular formula is C25H24ClN3O5. The van der Waals surface area contributed by atoms with Gasteiger partial charge in [-0.1, -0.05) is 30.6 Å². The summed E-state index contributed by atoms with van der Waals surface area (Å²) in [5.41, 5.74) is 2.46. The fourth-order valence-electron chi connectivity index (χ4n) is 3.69. The first kappa shape index (κ1) is 23.5. The summed E-state index contributed by atoms with van der Waals surface area (Å²) in [6, 6.07) is 12.1. The lowest BCUT2D eigenvalue weighted by atomic mass is 10.1. The van der Waals surface area contributed by atoms with Crippen molar-refractivity contribution in [1.29, 1.82) is 0 Å². The Hall–Kier alpha value is -3.65. The fourth-order valence-corrected chi connectivity index (χ4v) is 3.82. The van der Waals surface area contributed by atoms with E-state index in [4.69, 9.17) is 25.6 Å². The van der Waals surface area contributed by atoms with Crippen LogP contribution in [0.1, 0.15) is 53.1 Å². The van der Waals surface area contributed by atoms with Crippen molar-refractivity contribution in [1.82, 2.24) is 14.7 Å². The van der Waals surface area contributed by atoms with Crippen LogP contribution >= 0.6 is 11.6 Å². The lowest BCUT2D eigenvalue weighted by Crippen LogP contribution is -2.14. The smallest absolute Gasteiger partial charge is 0.310 e. The van der Waals surface area contributed by atoms with Crippen LogP contribution in [0.3, 0.4) is 0 Å². The van der Waals surface area contributed by atoms with Gasteiger partial charge in [-0.15, -0.1) is 0 Å². The molecule has 0 spiro atoms. The lowest BCUT2D eigenvalue weighted by molar-refractivity contribution is -0.144. The Morgan fingerprint density at radius 3 is 2.53 bits per heavy atom. The molecule has 0 aliphatic rings. The normalized spacial score (nSPS) is 11.2. The van der Waals surface area contributed by atoms with Gasteiger partial charge in [0, 0.05) is 27.6 Å². The molecule has 0 aliphatic heterocycles. The minimum Gasteiger partial charge on any atom is -0.497 e. The summed E-state index contributed by atoms with van der Waals surface area (Å²) in [5.74, 6) is 0.804. The first-order chi connectivity index (χ1) is 16.3. The van der Waals surface area contributed by atoms with Crippen molar-refractivity contribution in [3.63, 3.8) is 0 Å². The Bertz CT molecular complexity index is 1360. The molecule has 176 valence electrons. The Kier molecular flexibility index (Phi) is 6.70. The molecule has 0 N–H and O–H groups in total. The lowest BCUT2D eigenvalue weighted by Gasteiger charge is -2.08. The van der Waals surface area contributed by atoms with E-state index in [0.717, 1.165) is 5.39 Å². The molecule has 0 aliphatic carbocycles. The largest absolute Gasteiger partial charge is 0.497 e. The van der Waals surface area contributed by atoms with Gasteiger partial charge in [-0.3, -0.25) is 14.2 Å². The van der Waals surface area contributed by atoms with E-state index in [0.29, 0.717) is 38.9 Å². The second-order valence-corrected chi connectivity index (χ2v) is 8.57. The summed E-state index contributed by atoms with van der Waals surface area (Å²) in [6.07, 6.45) is -0.0401. The molecule has 8 nitrogen and oxygen atoms in total. The van der Waals surface area contributed by atoms with Gasteiger partial charge in [-0.05, 0) is 55.0 Å². The van der Waals surface area contributed by atoms with Crippen LogP contribution in [-0.2, 0) is 22.6 Å². The zero-order chi connectivity index (χ0) is 24.4. The fraction of sp³-hybridized carbons (Fsp3) is 0.280. The van der Waals surface area contributed by atoms with Crippen molar-refractivity contribution in [2.75, 3.05) is 7.11 Å². The average molecular weight is 482 g/mol. The maximum absolute atomic E-state index is 13.4. The molecule has 0 amide bonds. The summed E-state index contributed by atoms with van der Waals surface area (Å²) < 4.78 is 17.5. The molecule has 0 atom stereocenters. The van der Waals surface area contributed by atoms with Gasteiger partial charge in [-0.2, -0.15) is 4.98 Å². The number of esters is 1. The average Bonchev–Trinajstić information content (AvgIpc) is 3.41. The molecule has 2 aromatic heterocycles. The van der Waals surface area contributed by atoms with Crippen LogP contribution in [0, 0.1) is 6.92 Å². The number of halogens is 1. The minimum atomic E-state index is -0.479. The number of nitrogens with zero attached hydrogens (tertiary/aromatic N) is 3. The van der Waals surface area contributed by atoms with Gasteiger partial charge in [0.15, 0.2) is 12.4 Å². The number of aromatic nitrogens is 3. The molecule has 0 bridgehead atoms. The number of hydrogen-bond donors (Lipinski definition) is 0. The monoisotopic (exact) mass is 481 g/mol. The molecule has 0 saturated heterocycles. The standard InChI is InChI=1S/C25H24ClN3O5/c1-14(2)24-27-22(34-28-24)13-33-23(30)12-19-15(3)29(21-10-9-18(32-4)11-20(19)21)25(31)16-5-7-17(26)8-6-16/h5-11,14H,12-13H2,1-4H3. The molecule has 2 aromatic carbocycles. The number of carbonyl (C=O) groups is 2. The topological polar surface area (TPSA) is 96.4 Å². The third-order valence-electron chi connectivity index (χ3n) is 5.51. The second-order valence-electron chi connectivity index (χ2n) is 8.13. The van der Waals surface area contributed by atoms with Gasteiger partial charge in [0.1, 0.15) is 5.75 Å². The maximum Gasteiger partial charge on any atom is 0.310 e. The number of benzene rings is 2. The molecule has 0 saturated carbocycles. The van der Waals surface area contributed by atoms with E-state index in [1.54, 1.807) is 55.0 Å². The molecule has 0 fully saturated rings. The highest BCUT2D eigenvalue weighted by Crippen LogP contribution is 2.31. The predicted molar refractivity (Wildman–Crippen MR) is 126 cm³/mol. The van der Waals surface area contributed by atoms with E-state index < -0.39 is 5.97 Å². The summed E-state index contributed by atoms with van der Waals surface area (Å²) in [7, 11) is 1.56. The highest BCUT2D eigenvalue weighted by molar-refractivity contribution is 6.30. The van der Waals surface area contributed by atoms with E-state index in [1.165, 1.54) is 0 Å². The van der Waals surface area contributed by atoms with Crippen LogP contribution in [0.4, 0.5) is 0 Å². The number of ether oxygens (including phenoxy) is 2. The SMILES string of the molecule is COc1ccc2c(c1)c(CC(=O)OCc1nc(C(C)C)no1)c(C)n2C(=O)c1ccc(Cl)cc1. The summed E-state index contributed by atoms with van der Waals surface area (Å²) >= 11 is 5.98. The van der Waals surface area contributed by atoms with Crippen LogP contribution in [0.2, 0.25) is 5.02 Å². The van der Waals surface area contributed by atoms with Crippen LogP contribution in [0.25, 0.3) is 10.9 Å². The summed E-state index contributed by atoms with van der Waals surface area (Å²) in [5, 5.41) is 5.14. The number of rotatable bonds is 7. The second kappa shape index (κ2) is 9.69. The van der Waals surface area contributed by atoms with E-state index >= 15 is 0 Å². The van der Waals surface area contributed by atoms with E-state index in [1.807, 2.05) is 19.9 Å². The van der Waals surface area contributed by atoms with Crippen molar-refractivity contribution >= 4 is 34.4 Å². The van der Waals surface area contributed by atoms with E-state index in [9.17, 15) is 9.59 Å². The van der Waals surface area contributed by atoms with Crippen molar-refractivity contribution in [3.05, 3.63) is 76.0 Å². The molecular weight excluding hydrogens is 458 g/mol. The van der Waals surface area contributed by atoms with Crippen LogP contribution in [0.5, 0.6) is 5.75 Å². The summed E-state index contributed by atoms with van der Waals surface area (Å²) in [6.45, 7) is 5.57. The van der Waals surface area contributed by atoms with Crippen molar-refractivity contribution in [3.8, 4) is 5.75 Å². The van der Waals surface area contributed by atoms with Gasteiger partial charge >= 0.3 is 5.97 Å². The Morgan fingerprint density at radius 2 is 1.88 bits per heavy atom. The molecule has 0 radical (unpaired) electrons. The molecule has 2 heterocycles. The minimum absolute atomic E-state index is 0.0401. The van der Waals surface area contributed by atoms with Crippen molar-refractivity contribution in [2.45, 2.75) is 39.7 Å². The molecule has 4 rings (SSSR count). The Labute approximate surface area is 201 Å². The summed E-state index contributed by atoms with van der Waals surface area (Å²) in [4.78, 5) is 30.3. The Morgan fingerprint density at radius 1 is 1.15 bits per heavy atom. The van der Waals surface area contributed by atoms with Gasteiger partial charge in [-0.25, -0.2) is 0 Å². The quantitative estimate of drug-likeness (QED) is 0.339. The molecule has 0 unspecified atom stereocenters. The van der Waals surface area contributed by atoms with Gasteiger partial charge in [0.25, 0.3) is 11.8 Å². The first-order valence-electron chi connectivity index (χ1n) is 10.7. The highest BCUT2D eigenvalue weighted by Gasteiger charge is 2.23. The predicted octanol–water partition coefficient (Wildman–Crippen LogP) is 5.09. The molecule has 9 heteroatoms. The Balaban J connectivity index is 1.64. The van der Waals surface area contributed by atoms with Crippen LogP contribution in [0.15, 0.2) is 47.0 Å². The van der Waals surface area contributed by atoms with Crippen molar-refractivity contribution < 1.29 is 23.6 Å². The highest BCUT2D eigenvalue weighted by atomic mass is 35.5. The number of carbonyl (C=O) groups excluding carboxylic acids is 2. The first-order valence-corrected chi connectivity index (χ1v) is 11.1. The zero-order valence-corrected chi connectivity index (χ0v) is 20.0.